The maximum absolute atomic E-state index is 12.8. The standard InChI is InChI=1S/C16H27F3O/c1-3-5-7-12(4-2)10-15(20)13-8-6-9-14(11-13)16(17,18)19/h12-14H,3-11H2,1-2H3. The van der Waals surface area contributed by atoms with Crippen molar-refractivity contribution in [3.05, 3.63) is 0 Å². The second kappa shape index (κ2) is 8.04. The number of ketones is 1. The van der Waals surface area contributed by atoms with Crippen molar-refractivity contribution in [3.63, 3.8) is 0 Å². The lowest BCUT2D eigenvalue weighted by Gasteiger charge is -2.30. The zero-order valence-corrected chi connectivity index (χ0v) is 12.6. The van der Waals surface area contributed by atoms with E-state index in [0.29, 0.717) is 25.2 Å². The van der Waals surface area contributed by atoms with Crippen LogP contribution in [0, 0.1) is 17.8 Å². The van der Waals surface area contributed by atoms with Crippen LogP contribution in [-0.4, -0.2) is 12.0 Å². The van der Waals surface area contributed by atoms with E-state index in [2.05, 4.69) is 13.8 Å². The van der Waals surface area contributed by atoms with Crippen molar-refractivity contribution in [1.82, 2.24) is 0 Å². The molecule has 1 nitrogen and oxygen atoms in total. The second-order valence-corrected chi connectivity index (χ2v) is 6.19. The van der Waals surface area contributed by atoms with Crippen LogP contribution in [0.3, 0.4) is 0 Å². The molecule has 1 rings (SSSR count). The number of unbranched alkanes of at least 4 members (excludes halogenated alkanes) is 1. The van der Waals surface area contributed by atoms with Crippen LogP contribution in [0.15, 0.2) is 0 Å². The summed E-state index contributed by atoms with van der Waals surface area (Å²) in [5.41, 5.74) is 0. The van der Waals surface area contributed by atoms with Crippen LogP contribution in [0.4, 0.5) is 13.2 Å². The number of hydrogen-bond acceptors (Lipinski definition) is 1. The second-order valence-electron chi connectivity index (χ2n) is 6.19. The van der Waals surface area contributed by atoms with Crippen molar-refractivity contribution in [2.45, 2.75) is 77.8 Å². The Bertz CT molecular complexity index is 299. The molecule has 4 heteroatoms. The lowest BCUT2D eigenvalue weighted by atomic mass is 9.76. The number of Topliss-reactive ketones (excluding diaryl/α,β-unsaturated/α-hetero) is 1. The molecule has 0 aliphatic heterocycles. The van der Waals surface area contributed by atoms with Gasteiger partial charge in [0, 0.05) is 12.3 Å². The van der Waals surface area contributed by atoms with Crippen molar-refractivity contribution in [2.24, 2.45) is 17.8 Å². The molecule has 1 fully saturated rings. The van der Waals surface area contributed by atoms with Gasteiger partial charge in [0.05, 0.1) is 5.92 Å². The van der Waals surface area contributed by atoms with Gasteiger partial charge in [-0.25, -0.2) is 0 Å². The van der Waals surface area contributed by atoms with E-state index >= 15 is 0 Å². The number of carbonyl (C=O) groups is 1. The number of alkyl halides is 3. The Balaban J connectivity index is 2.49. The first-order valence-corrected chi connectivity index (χ1v) is 7.97. The largest absolute Gasteiger partial charge is 0.391 e. The molecule has 0 aromatic heterocycles. The Morgan fingerprint density at radius 1 is 1.25 bits per heavy atom. The van der Waals surface area contributed by atoms with Gasteiger partial charge in [-0.05, 0) is 25.2 Å². The molecule has 20 heavy (non-hydrogen) atoms. The summed E-state index contributed by atoms with van der Waals surface area (Å²) < 4.78 is 38.3. The maximum Gasteiger partial charge on any atom is 0.391 e. The van der Waals surface area contributed by atoms with Gasteiger partial charge in [0.2, 0.25) is 0 Å². The molecule has 3 atom stereocenters. The van der Waals surface area contributed by atoms with Gasteiger partial charge in [0.1, 0.15) is 5.78 Å². The van der Waals surface area contributed by atoms with Crippen molar-refractivity contribution >= 4 is 5.78 Å². The Kier molecular flexibility index (Phi) is 7.04. The lowest BCUT2D eigenvalue weighted by Crippen LogP contribution is -2.32. The minimum Gasteiger partial charge on any atom is -0.299 e. The van der Waals surface area contributed by atoms with Crippen LogP contribution in [0.25, 0.3) is 0 Å². The van der Waals surface area contributed by atoms with E-state index in [-0.39, 0.29) is 24.5 Å². The number of halogens is 3. The van der Waals surface area contributed by atoms with Gasteiger partial charge in [-0.15, -0.1) is 0 Å². The summed E-state index contributed by atoms with van der Waals surface area (Å²) in [6.45, 7) is 4.18. The Hall–Kier alpha value is -0.540. The fourth-order valence-electron chi connectivity index (χ4n) is 3.17. The van der Waals surface area contributed by atoms with Crippen LogP contribution in [0.1, 0.15) is 71.6 Å². The average molecular weight is 292 g/mol. The van der Waals surface area contributed by atoms with Crippen LogP contribution >= 0.6 is 0 Å². The Morgan fingerprint density at radius 3 is 2.50 bits per heavy atom. The van der Waals surface area contributed by atoms with E-state index in [1.54, 1.807) is 0 Å². The third-order valence-corrected chi connectivity index (χ3v) is 4.63. The molecule has 0 N–H and O–H groups in total. The third kappa shape index (κ3) is 5.45. The fraction of sp³-hybridized carbons (Fsp3) is 0.938. The number of carbonyl (C=O) groups excluding carboxylic acids is 1. The lowest BCUT2D eigenvalue weighted by molar-refractivity contribution is -0.186. The zero-order chi connectivity index (χ0) is 15.2. The molecule has 0 aromatic rings. The molecule has 0 amide bonds. The highest BCUT2D eigenvalue weighted by atomic mass is 19.4. The molecule has 0 heterocycles. The van der Waals surface area contributed by atoms with Crippen molar-refractivity contribution in [1.29, 1.82) is 0 Å². The molecule has 0 aromatic carbocycles. The molecule has 1 aliphatic carbocycles. The van der Waals surface area contributed by atoms with Gasteiger partial charge in [-0.2, -0.15) is 13.2 Å². The minimum absolute atomic E-state index is 0.0204. The summed E-state index contributed by atoms with van der Waals surface area (Å²) in [5.74, 6) is -1.19. The van der Waals surface area contributed by atoms with E-state index in [1.165, 1.54) is 0 Å². The smallest absolute Gasteiger partial charge is 0.299 e. The van der Waals surface area contributed by atoms with Crippen LogP contribution in [0.5, 0.6) is 0 Å². The van der Waals surface area contributed by atoms with Crippen LogP contribution in [-0.2, 0) is 4.79 Å². The van der Waals surface area contributed by atoms with Gasteiger partial charge >= 0.3 is 6.18 Å². The normalized spacial score (nSPS) is 25.4. The molecule has 1 saturated carbocycles. The summed E-state index contributed by atoms with van der Waals surface area (Å²) >= 11 is 0. The topological polar surface area (TPSA) is 17.1 Å². The van der Waals surface area contributed by atoms with Crippen molar-refractivity contribution < 1.29 is 18.0 Å². The molecule has 1 aliphatic rings. The maximum atomic E-state index is 12.8. The molecule has 0 bridgehead atoms. The van der Waals surface area contributed by atoms with Gasteiger partial charge in [0.15, 0.2) is 0 Å². The van der Waals surface area contributed by atoms with E-state index in [1.807, 2.05) is 0 Å². The van der Waals surface area contributed by atoms with Crippen LogP contribution < -0.4 is 0 Å². The zero-order valence-electron chi connectivity index (χ0n) is 12.6. The molecular weight excluding hydrogens is 265 g/mol. The number of rotatable bonds is 7. The summed E-state index contributed by atoms with van der Waals surface area (Å²) in [5, 5.41) is 0. The van der Waals surface area contributed by atoms with E-state index < -0.39 is 12.1 Å². The first-order valence-electron chi connectivity index (χ1n) is 7.97. The quantitative estimate of drug-likeness (QED) is 0.603. The van der Waals surface area contributed by atoms with E-state index in [4.69, 9.17) is 0 Å². The Morgan fingerprint density at radius 2 is 1.95 bits per heavy atom. The van der Waals surface area contributed by atoms with Crippen LogP contribution in [0.2, 0.25) is 0 Å². The molecule has 0 saturated heterocycles. The molecule has 3 unspecified atom stereocenters. The summed E-state index contributed by atoms with van der Waals surface area (Å²) in [6.07, 6.45) is 1.91. The van der Waals surface area contributed by atoms with Crippen molar-refractivity contribution in [3.8, 4) is 0 Å². The molecule has 118 valence electrons. The molecule has 0 radical (unpaired) electrons. The van der Waals surface area contributed by atoms with E-state index in [0.717, 1.165) is 25.7 Å². The predicted octanol–water partition coefficient (Wildman–Crippen LogP) is 5.53. The highest BCUT2D eigenvalue weighted by Crippen LogP contribution is 2.40. The summed E-state index contributed by atoms with van der Waals surface area (Å²) in [4.78, 5) is 12.2. The van der Waals surface area contributed by atoms with Gasteiger partial charge in [-0.1, -0.05) is 46.0 Å². The Labute approximate surface area is 120 Å². The fourth-order valence-corrected chi connectivity index (χ4v) is 3.17. The first kappa shape index (κ1) is 17.5. The van der Waals surface area contributed by atoms with E-state index in [9.17, 15) is 18.0 Å². The summed E-state index contributed by atoms with van der Waals surface area (Å²) in [7, 11) is 0. The molecule has 0 spiro atoms. The van der Waals surface area contributed by atoms with Gasteiger partial charge in [-0.3, -0.25) is 4.79 Å². The highest BCUT2D eigenvalue weighted by molar-refractivity contribution is 5.81. The monoisotopic (exact) mass is 292 g/mol. The van der Waals surface area contributed by atoms with Gasteiger partial charge in [0.25, 0.3) is 0 Å². The number of hydrogen-bond donors (Lipinski definition) is 0. The highest BCUT2D eigenvalue weighted by Gasteiger charge is 2.43. The first-order chi connectivity index (χ1) is 9.38. The van der Waals surface area contributed by atoms with Gasteiger partial charge < -0.3 is 0 Å². The third-order valence-electron chi connectivity index (χ3n) is 4.63. The van der Waals surface area contributed by atoms with Crippen molar-refractivity contribution in [2.75, 3.05) is 0 Å². The molecular formula is C16H27F3O. The SMILES string of the molecule is CCCCC(CC)CC(=O)C1CCCC(C(F)(F)F)C1. The summed E-state index contributed by atoms with van der Waals surface area (Å²) in [6, 6.07) is 0. The predicted molar refractivity (Wildman–Crippen MR) is 74.4 cm³/mol. The average Bonchev–Trinajstić information content (AvgIpc) is 2.42. The minimum atomic E-state index is -4.13.